The van der Waals surface area contributed by atoms with Crippen molar-refractivity contribution in [2.24, 2.45) is 5.41 Å². The van der Waals surface area contributed by atoms with Gasteiger partial charge in [-0.15, -0.1) is 0 Å². The Hall–Kier alpha value is -1.66. The standard InChI is InChI=1S/C18H25FN2O3/c19-14-4-5-15-13(10-14)2-1-3-16(15)21-17(23)20-11-18(6-8-22)7-9-24-12-18/h4-5,10,16,22H,1-3,6-9,11-12H2,(H2,20,21,23). The third-order valence-corrected chi connectivity index (χ3v) is 5.18. The summed E-state index contributed by atoms with van der Waals surface area (Å²) >= 11 is 0. The van der Waals surface area contributed by atoms with Crippen LogP contribution in [0, 0.1) is 11.2 Å². The summed E-state index contributed by atoms with van der Waals surface area (Å²) in [5.41, 5.74) is 1.82. The highest BCUT2D eigenvalue weighted by Gasteiger charge is 2.35. The molecule has 3 N–H and O–H groups in total. The third kappa shape index (κ3) is 3.87. The van der Waals surface area contributed by atoms with Crippen molar-refractivity contribution < 1.29 is 19.0 Å². The van der Waals surface area contributed by atoms with Crippen molar-refractivity contribution >= 4 is 6.03 Å². The van der Waals surface area contributed by atoms with Gasteiger partial charge in [0.25, 0.3) is 0 Å². The van der Waals surface area contributed by atoms with Crippen molar-refractivity contribution in [2.45, 2.75) is 38.1 Å². The zero-order valence-corrected chi connectivity index (χ0v) is 13.8. The first kappa shape index (κ1) is 17.2. The molecule has 0 bridgehead atoms. The van der Waals surface area contributed by atoms with Crippen LogP contribution in [0.25, 0.3) is 0 Å². The molecule has 2 unspecified atom stereocenters. The number of halogens is 1. The largest absolute Gasteiger partial charge is 0.396 e. The smallest absolute Gasteiger partial charge is 0.315 e. The van der Waals surface area contributed by atoms with E-state index in [2.05, 4.69) is 10.6 Å². The Morgan fingerprint density at radius 2 is 2.33 bits per heavy atom. The minimum absolute atomic E-state index is 0.0806. The minimum Gasteiger partial charge on any atom is -0.396 e. The van der Waals surface area contributed by atoms with E-state index in [-0.39, 0.29) is 29.9 Å². The van der Waals surface area contributed by atoms with Crippen LogP contribution in [0.4, 0.5) is 9.18 Å². The molecule has 0 saturated carbocycles. The number of benzene rings is 1. The molecule has 1 heterocycles. The molecular formula is C18H25FN2O3. The van der Waals surface area contributed by atoms with Crippen LogP contribution in [-0.4, -0.2) is 37.5 Å². The van der Waals surface area contributed by atoms with Gasteiger partial charge in [0.15, 0.2) is 0 Å². The maximum absolute atomic E-state index is 13.4. The fraction of sp³-hybridized carbons (Fsp3) is 0.611. The third-order valence-electron chi connectivity index (χ3n) is 5.18. The Kier molecular flexibility index (Phi) is 5.36. The van der Waals surface area contributed by atoms with Crippen molar-refractivity contribution in [1.29, 1.82) is 0 Å². The molecule has 1 saturated heterocycles. The van der Waals surface area contributed by atoms with Gasteiger partial charge in [-0.2, -0.15) is 0 Å². The van der Waals surface area contributed by atoms with Gasteiger partial charge < -0.3 is 20.5 Å². The van der Waals surface area contributed by atoms with Crippen LogP contribution in [0.15, 0.2) is 18.2 Å². The number of ether oxygens (including phenoxy) is 1. The summed E-state index contributed by atoms with van der Waals surface area (Å²) < 4.78 is 18.8. The molecule has 3 rings (SSSR count). The normalized spacial score (nSPS) is 26.0. The van der Waals surface area contributed by atoms with E-state index in [0.29, 0.717) is 26.2 Å². The van der Waals surface area contributed by atoms with Crippen LogP contribution in [0.2, 0.25) is 0 Å². The van der Waals surface area contributed by atoms with Crippen LogP contribution in [-0.2, 0) is 11.2 Å². The van der Waals surface area contributed by atoms with Gasteiger partial charge in [0.05, 0.1) is 12.6 Å². The summed E-state index contributed by atoms with van der Waals surface area (Å²) in [5.74, 6) is -0.231. The molecule has 6 heteroatoms. The summed E-state index contributed by atoms with van der Waals surface area (Å²) in [5, 5.41) is 15.2. The molecule has 1 aromatic rings. The number of aliphatic hydroxyl groups is 1. The van der Waals surface area contributed by atoms with Gasteiger partial charge in [-0.3, -0.25) is 0 Å². The summed E-state index contributed by atoms with van der Waals surface area (Å²) in [6.45, 7) is 1.82. The molecule has 5 nitrogen and oxygen atoms in total. The number of amides is 2. The summed E-state index contributed by atoms with van der Waals surface area (Å²) in [4.78, 5) is 12.3. The molecule has 1 aliphatic carbocycles. The fourth-order valence-corrected chi connectivity index (χ4v) is 3.72. The van der Waals surface area contributed by atoms with Crippen molar-refractivity contribution in [1.82, 2.24) is 10.6 Å². The Labute approximate surface area is 141 Å². The summed E-state index contributed by atoms with van der Waals surface area (Å²) in [6, 6.07) is 4.48. The first-order chi connectivity index (χ1) is 11.6. The second-order valence-electron chi connectivity index (χ2n) is 6.89. The van der Waals surface area contributed by atoms with Crippen molar-refractivity contribution in [2.75, 3.05) is 26.4 Å². The monoisotopic (exact) mass is 336 g/mol. The van der Waals surface area contributed by atoms with E-state index in [9.17, 15) is 14.3 Å². The van der Waals surface area contributed by atoms with Gasteiger partial charge in [-0.25, -0.2) is 9.18 Å². The number of carbonyl (C=O) groups is 1. The number of aryl methyl sites for hydroxylation is 1. The SMILES string of the molecule is O=C(NCC1(CCO)CCOC1)NC1CCCc2cc(F)ccc21. The van der Waals surface area contributed by atoms with Gasteiger partial charge in [-0.05, 0) is 55.4 Å². The lowest BCUT2D eigenvalue weighted by molar-refractivity contribution is 0.125. The highest BCUT2D eigenvalue weighted by Crippen LogP contribution is 2.32. The molecule has 2 amide bonds. The average Bonchev–Trinajstić information content (AvgIpc) is 3.02. The molecule has 1 fully saturated rings. The van der Waals surface area contributed by atoms with E-state index in [1.54, 1.807) is 12.1 Å². The van der Waals surface area contributed by atoms with Gasteiger partial charge >= 0.3 is 6.03 Å². The van der Waals surface area contributed by atoms with Crippen LogP contribution in [0.1, 0.15) is 42.9 Å². The number of aliphatic hydroxyl groups excluding tert-OH is 1. The molecule has 132 valence electrons. The number of nitrogens with one attached hydrogen (secondary N) is 2. The Morgan fingerprint density at radius 3 is 3.08 bits per heavy atom. The van der Waals surface area contributed by atoms with Crippen LogP contribution in [0.3, 0.4) is 0 Å². The zero-order chi connectivity index (χ0) is 17.0. The van der Waals surface area contributed by atoms with Crippen molar-refractivity contribution in [3.05, 3.63) is 35.1 Å². The lowest BCUT2D eigenvalue weighted by atomic mass is 9.84. The van der Waals surface area contributed by atoms with E-state index in [4.69, 9.17) is 4.74 Å². The molecular weight excluding hydrogens is 311 g/mol. The average molecular weight is 336 g/mol. The van der Waals surface area contributed by atoms with Gasteiger partial charge in [0.2, 0.25) is 0 Å². The topological polar surface area (TPSA) is 70.6 Å². The fourth-order valence-electron chi connectivity index (χ4n) is 3.72. The summed E-state index contributed by atoms with van der Waals surface area (Å²) in [6.07, 6.45) is 4.11. The lowest BCUT2D eigenvalue weighted by Crippen LogP contribution is -2.45. The molecule has 0 radical (unpaired) electrons. The van der Waals surface area contributed by atoms with Gasteiger partial charge in [-0.1, -0.05) is 6.07 Å². The number of carbonyl (C=O) groups excluding carboxylic acids is 1. The van der Waals surface area contributed by atoms with Crippen LogP contribution >= 0.6 is 0 Å². The summed E-state index contributed by atoms with van der Waals surface area (Å²) in [7, 11) is 0. The van der Waals surface area contributed by atoms with E-state index in [1.165, 1.54) is 6.07 Å². The Balaban J connectivity index is 1.58. The van der Waals surface area contributed by atoms with E-state index in [0.717, 1.165) is 36.8 Å². The van der Waals surface area contributed by atoms with Crippen LogP contribution < -0.4 is 10.6 Å². The first-order valence-corrected chi connectivity index (χ1v) is 8.63. The maximum Gasteiger partial charge on any atom is 0.315 e. The number of fused-ring (bicyclic) bond motifs is 1. The van der Waals surface area contributed by atoms with Crippen LogP contribution in [0.5, 0.6) is 0 Å². The number of rotatable bonds is 5. The lowest BCUT2D eigenvalue weighted by Gasteiger charge is -2.29. The second-order valence-corrected chi connectivity index (χ2v) is 6.89. The predicted octanol–water partition coefficient (Wildman–Crippen LogP) is 2.29. The maximum atomic E-state index is 13.4. The number of hydrogen-bond acceptors (Lipinski definition) is 3. The molecule has 2 aliphatic rings. The Morgan fingerprint density at radius 1 is 1.46 bits per heavy atom. The molecule has 1 aliphatic heterocycles. The van der Waals surface area contributed by atoms with Crippen molar-refractivity contribution in [3.8, 4) is 0 Å². The van der Waals surface area contributed by atoms with Gasteiger partial charge in [0.1, 0.15) is 5.82 Å². The Bertz CT molecular complexity index is 588. The highest BCUT2D eigenvalue weighted by atomic mass is 19.1. The minimum atomic E-state index is -0.231. The molecule has 24 heavy (non-hydrogen) atoms. The number of urea groups is 1. The molecule has 2 atom stereocenters. The zero-order valence-electron chi connectivity index (χ0n) is 13.8. The van der Waals surface area contributed by atoms with E-state index in [1.807, 2.05) is 0 Å². The highest BCUT2D eigenvalue weighted by molar-refractivity contribution is 5.74. The molecule has 0 aromatic heterocycles. The van der Waals surface area contributed by atoms with E-state index < -0.39 is 0 Å². The second kappa shape index (κ2) is 7.49. The number of hydrogen-bond donors (Lipinski definition) is 3. The van der Waals surface area contributed by atoms with Gasteiger partial charge in [0, 0.05) is 25.2 Å². The first-order valence-electron chi connectivity index (χ1n) is 8.63. The van der Waals surface area contributed by atoms with E-state index >= 15 is 0 Å². The molecule has 1 aromatic carbocycles. The van der Waals surface area contributed by atoms with Crippen molar-refractivity contribution in [3.63, 3.8) is 0 Å². The predicted molar refractivity (Wildman–Crippen MR) is 88.2 cm³/mol. The molecule has 0 spiro atoms. The quantitative estimate of drug-likeness (QED) is 0.773.